The van der Waals surface area contributed by atoms with E-state index in [1.54, 1.807) is 13.2 Å². The third-order valence-electron chi connectivity index (χ3n) is 2.10. The molecule has 0 saturated carbocycles. The first-order valence-corrected chi connectivity index (χ1v) is 5.32. The van der Waals surface area contributed by atoms with Gasteiger partial charge in [0.25, 0.3) is 0 Å². The van der Waals surface area contributed by atoms with E-state index in [1.165, 1.54) is 0 Å². The van der Waals surface area contributed by atoms with Crippen LogP contribution in [0.15, 0.2) is 12.7 Å². The predicted molar refractivity (Wildman–Crippen MR) is 60.7 cm³/mol. The van der Waals surface area contributed by atoms with Gasteiger partial charge in [-0.3, -0.25) is 4.79 Å². The number of carbonyl (C=O) groups excluding carboxylic acids is 1. The van der Waals surface area contributed by atoms with Crippen molar-refractivity contribution < 1.29 is 14.3 Å². The van der Waals surface area contributed by atoms with Gasteiger partial charge in [0.05, 0.1) is 6.10 Å². The van der Waals surface area contributed by atoms with Crippen molar-refractivity contribution in [2.24, 2.45) is 0 Å². The minimum Gasteiger partial charge on any atom is -0.460 e. The van der Waals surface area contributed by atoms with Crippen molar-refractivity contribution in [3.63, 3.8) is 0 Å². The Labute approximate surface area is 92.5 Å². The van der Waals surface area contributed by atoms with Crippen molar-refractivity contribution in [3.05, 3.63) is 12.7 Å². The summed E-state index contributed by atoms with van der Waals surface area (Å²) in [5.74, 6) is -0.151. The Bertz CT molecular complexity index is 209. The van der Waals surface area contributed by atoms with E-state index < -0.39 is 5.60 Å². The van der Waals surface area contributed by atoms with Crippen LogP contribution in [0.25, 0.3) is 0 Å². The van der Waals surface area contributed by atoms with E-state index in [2.05, 4.69) is 6.58 Å². The van der Waals surface area contributed by atoms with E-state index >= 15 is 0 Å². The third kappa shape index (κ3) is 6.28. The molecule has 15 heavy (non-hydrogen) atoms. The van der Waals surface area contributed by atoms with Crippen LogP contribution in [-0.4, -0.2) is 24.8 Å². The summed E-state index contributed by atoms with van der Waals surface area (Å²) in [5.41, 5.74) is -0.499. The lowest BCUT2D eigenvalue weighted by Gasteiger charge is -2.27. The molecular formula is C12H22O3. The molecule has 0 bridgehead atoms. The van der Waals surface area contributed by atoms with E-state index in [0.717, 1.165) is 6.42 Å². The van der Waals surface area contributed by atoms with Crippen LogP contribution in [0.2, 0.25) is 0 Å². The van der Waals surface area contributed by atoms with Crippen molar-refractivity contribution in [1.82, 2.24) is 0 Å². The largest absolute Gasteiger partial charge is 0.460 e. The van der Waals surface area contributed by atoms with Gasteiger partial charge in [-0.25, -0.2) is 0 Å². The number of hydrogen-bond acceptors (Lipinski definition) is 3. The Morgan fingerprint density at radius 2 is 2.13 bits per heavy atom. The lowest BCUT2D eigenvalue weighted by Crippen LogP contribution is -2.32. The van der Waals surface area contributed by atoms with Crippen LogP contribution >= 0.6 is 0 Å². The molecule has 0 aromatic carbocycles. The average Bonchev–Trinajstić information content (AvgIpc) is 2.13. The molecule has 0 aliphatic heterocycles. The summed E-state index contributed by atoms with van der Waals surface area (Å²) in [7, 11) is 1.62. The lowest BCUT2D eigenvalue weighted by molar-refractivity contribution is -0.158. The maximum Gasteiger partial charge on any atom is 0.306 e. The van der Waals surface area contributed by atoms with E-state index in [0.29, 0.717) is 12.8 Å². The van der Waals surface area contributed by atoms with Crippen molar-refractivity contribution in [2.45, 2.75) is 51.7 Å². The van der Waals surface area contributed by atoms with Gasteiger partial charge in [-0.15, -0.1) is 6.58 Å². The summed E-state index contributed by atoms with van der Waals surface area (Å²) in [6.07, 6.45) is 3.55. The van der Waals surface area contributed by atoms with E-state index in [-0.39, 0.29) is 12.1 Å². The summed E-state index contributed by atoms with van der Waals surface area (Å²) in [4.78, 5) is 11.3. The summed E-state index contributed by atoms with van der Waals surface area (Å²) in [5, 5.41) is 0. The number of esters is 1. The fourth-order valence-corrected chi connectivity index (χ4v) is 1.35. The Morgan fingerprint density at radius 3 is 2.53 bits per heavy atom. The number of hydrogen-bond donors (Lipinski definition) is 0. The maximum atomic E-state index is 11.3. The van der Waals surface area contributed by atoms with Crippen LogP contribution in [0, 0.1) is 0 Å². The number of rotatable bonds is 7. The normalized spacial score (nSPS) is 13.3. The van der Waals surface area contributed by atoms with Gasteiger partial charge in [0.2, 0.25) is 0 Å². The minimum absolute atomic E-state index is 0.0746. The van der Waals surface area contributed by atoms with Gasteiger partial charge in [-0.05, 0) is 20.3 Å². The lowest BCUT2D eigenvalue weighted by atomic mass is 10.0. The molecule has 88 valence electrons. The number of methoxy groups -OCH3 is 1. The monoisotopic (exact) mass is 214 g/mol. The van der Waals surface area contributed by atoms with Gasteiger partial charge in [0.1, 0.15) is 5.60 Å². The Hall–Kier alpha value is -0.830. The standard InChI is InChI=1S/C12H22O3/c1-6-8-11(13)15-12(3,4)9-10(7-2)14-5/h7,10H,2,6,8-9H2,1,3-5H3. The third-order valence-corrected chi connectivity index (χ3v) is 2.10. The molecule has 3 heteroatoms. The van der Waals surface area contributed by atoms with Crippen LogP contribution in [-0.2, 0) is 14.3 Å². The molecule has 0 amide bonds. The van der Waals surface area contributed by atoms with Gasteiger partial charge in [-0.2, -0.15) is 0 Å². The fourth-order valence-electron chi connectivity index (χ4n) is 1.35. The molecule has 0 aromatic rings. The van der Waals surface area contributed by atoms with Gasteiger partial charge >= 0.3 is 5.97 Å². The first kappa shape index (κ1) is 14.2. The van der Waals surface area contributed by atoms with Crippen molar-refractivity contribution >= 4 is 5.97 Å². The summed E-state index contributed by atoms with van der Waals surface area (Å²) >= 11 is 0. The van der Waals surface area contributed by atoms with Gasteiger partial charge < -0.3 is 9.47 Å². The highest BCUT2D eigenvalue weighted by atomic mass is 16.6. The zero-order valence-corrected chi connectivity index (χ0v) is 10.2. The molecule has 0 aromatic heterocycles. The SMILES string of the molecule is C=CC(CC(C)(C)OC(=O)CCC)OC. The second-order valence-electron chi connectivity index (χ2n) is 4.20. The Balaban J connectivity index is 4.16. The molecule has 3 nitrogen and oxygen atoms in total. The molecule has 1 unspecified atom stereocenters. The van der Waals surface area contributed by atoms with Crippen LogP contribution in [0.4, 0.5) is 0 Å². The smallest absolute Gasteiger partial charge is 0.306 e. The molecule has 0 aliphatic rings. The van der Waals surface area contributed by atoms with E-state index in [9.17, 15) is 4.79 Å². The molecule has 0 rings (SSSR count). The summed E-state index contributed by atoms with van der Waals surface area (Å²) in [6.45, 7) is 9.39. The predicted octanol–water partition coefficient (Wildman–Crippen LogP) is 2.70. The quantitative estimate of drug-likeness (QED) is 0.483. The maximum absolute atomic E-state index is 11.3. The van der Waals surface area contributed by atoms with Crippen molar-refractivity contribution in [1.29, 1.82) is 0 Å². The Kier molecular flexibility index (Phi) is 6.25. The number of carbonyl (C=O) groups is 1. The molecule has 0 aliphatic carbocycles. The van der Waals surface area contributed by atoms with Crippen LogP contribution in [0.3, 0.4) is 0 Å². The summed E-state index contributed by atoms with van der Waals surface area (Å²) in [6, 6.07) is 0. The highest BCUT2D eigenvalue weighted by Gasteiger charge is 2.25. The van der Waals surface area contributed by atoms with Gasteiger partial charge in [0.15, 0.2) is 0 Å². The second kappa shape index (κ2) is 6.62. The van der Waals surface area contributed by atoms with Crippen LogP contribution in [0.1, 0.15) is 40.0 Å². The molecule has 1 atom stereocenters. The molecule has 0 heterocycles. The van der Waals surface area contributed by atoms with Gasteiger partial charge in [-0.1, -0.05) is 13.0 Å². The van der Waals surface area contributed by atoms with Gasteiger partial charge in [0, 0.05) is 20.0 Å². The summed E-state index contributed by atoms with van der Waals surface area (Å²) < 4.78 is 10.5. The molecular weight excluding hydrogens is 192 g/mol. The zero-order valence-electron chi connectivity index (χ0n) is 10.2. The molecule has 0 radical (unpaired) electrons. The zero-order chi connectivity index (χ0) is 11.9. The van der Waals surface area contributed by atoms with Crippen LogP contribution in [0.5, 0.6) is 0 Å². The molecule has 0 spiro atoms. The van der Waals surface area contributed by atoms with E-state index in [1.807, 2.05) is 20.8 Å². The topological polar surface area (TPSA) is 35.5 Å². The van der Waals surface area contributed by atoms with Crippen LogP contribution < -0.4 is 0 Å². The number of ether oxygens (including phenoxy) is 2. The molecule has 0 saturated heterocycles. The highest BCUT2D eigenvalue weighted by Crippen LogP contribution is 2.19. The molecule has 0 fully saturated rings. The average molecular weight is 214 g/mol. The first-order valence-electron chi connectivity index (χ1n) is 5.32. The fraction of sp³-hybridized carbons (Fsp3) is 0.750. The highest BCUT2D eigenvalue weighted by molar-refractivity contribution is 5.69. The van der Waals surface area contributed by atoms with Crippen molar-refractivity contribution in [3.8, 4) is 0 Å². The Morgan fingerprint density at radius 1 is 1.53 bits per heavy atom. The second-order valence-corrected chi connectivity index (χ2v) is 4.20. The molecule has 0 N–H and O–H groups in total. The first-order chi connectivity index (χ1) is 6.95. The minimum atomic E-state index is -0.499. The van der Waals surface area contributed by atoms with E-state index in [4.69, 9.17) is 9.47 Å². The van der Waals surface area contributed by atoms with Crippen molar-refractivity contribution in [2.75, 3.05) is 7.11 Å².